The van der Waals surface area contributed by atoms with Crippen molar-refractivity contribution in [3.8, 4) is 0 Å². The van der Waals surface area contributed by atoms with Crippen molar-refractivity contribution >= 4 is 22.8 Å². The van der Waals surface area contributed by atoms with Gasteiger partial charge in [-0.2, -0.15) is 31.1 Å². The normalized spacial score (nSPS) is 12.3. The van der Waals surface area contributed by atoms with E-state index >= 15 is 0 Å². The molecule has 0 bridgehead atoms. The van der Waals surface area contributed by atoms with Crippen molar-refractivity contribution in [2.24, 2.45) is 14.1 Å². The molecular formula is C22H18F6N6O2. The number of carboxylic acids is 1. The third-order valence-electron chi connectivity index (χ3n) is 5.56. The van der Waals surface area contributed by atoms with Crippen molar-refractivity contribution in [3.63, 3.8) is 0 Å². The molecule has 0 amide bonds. The second kappa shape index (κ2) is 8.84. The summed E-state index contributed by atoms with van der Waals surface area (Å²) in [5, 5.41) is 21.9. The molecule has 2 heterocycles. The largest absolute Gasteiger partial charge is 0.477 e. The maximum Gasteiger partial charge on any atom is 0.416 e. The lowest BCUT2D eigenvalue weighted by Gasteiger charge is -2.22. The van der Waals surface area contributed by atoms with Gasteiger partial charge in [-0.25, -0.2) is 4.79 Å². The lowest BCUT2D eigenvalue weighted by Crippen LogP contribution is -2.25. The Kier molecular flexibility index (Phi) is 6.14. The second-order valence-corrected chi connectivity index (χ2v) is 8.06. The van der Waals surface area contributed by atoms with Crippen LogP contribution in [0.3, 0.4) is 0 Å². The number of hydrogen-bond donors (Lipinski definition) is 1. The molecule has 0 aliphatic carbocycles. The molecule has 0 fully saturated rings. The Balaban J connectivity index is 1.84. The van der Waals surface area contributed by atoms with Crippen molar-refractivity contribution < 1.29 is 36.2 Å². The number of halogens is 6. The van der Waals surface area contributed by atoms with Gasteiger partial charge in [0.25, 0.3) is 5.95 Å². The molecule has 0 aliphatic rings. The second-order valence-electron chi connectivity index (χ2n) is 8.06. The van der Waals surface area contributed by atoms with E-state index in [9.17, 15) is 36.2 Å². The zero-order chi connectivity index (χ0) is 26.4. The number of alkyl halides is 6. The molecule has 1 N–H and O–H groups in total. The zero-order valence-corrected chi connectivity index (χ0v) is 18.8. The van der Waals surface area contributed by atoms with Crippen LogP contribution in [0.2, 0.25) is 0 Å². The average Bonchev–Trinajstić information content (AvgIpc) is 3.33. The Morgan fingerprint density at radius 3 is 2.11 bits per heavy atom. The lowest BCUT2D eigenvalue weighted by atomic mass is 10.0. The van der Waals surface area contributed by atoms with Gasteiger partial charge in [0.15, 0.2) is 0 Å². The molecule has 0 aliphatic heterocycles. The van der Waals surface area contributed by atoms with Crippen LogP contribution in [0.15, 0.2) is 42.5 Å². The van der Waals surface area contributed by atoms with Crippen LogP contribution in [-0.2, 0) is 39.5 Å². The van der Waals surface area contributed by atoms with Crippen molar-refractivity contribution in [1.82, 2.24) is 24.8 Å². The first-order chi connectivity index (χ1) is 16.8. The first kappa shape index (κ1) is 25.0. The van der Waals surface area contributed by atoms with E-state index in [2.05, 4.69) is 15.4 Å². The smallest absolute Gasteiger partial charge is 0.416 e. The summed E-state index contributed by atoms with van der Waals surface area (Å²) in [6, 6.07) is 8.02. The van der Waals surface area contributed by atoms with Gasteiger partial charge in [-0.1, -0.05) is 23.3 Å². The molecule has 2 aromatic carbocycles. The van der Waals surface area contributed by atoms with E-state index in [4.69, 9.17) is 0 Å². The van der Waals surface area contributed by atoms with E-state index in [1.165, 1.54) is 16.5 Å². The van der Waals surface area contributed by atoms with Gasteiger partial charge >= 0.3 is 18.3 Å². The molecular weight excluding hydrogens is 494 g/mol. The van der Waals surface area contributed by atoms with E-state index in [0.717, 1.165) is 4.80 Å². The minimum Gasteiger partial charge on any atom is -0.477 e. The van der Waals surface area contributed by atoms with Gasteiger partial charge in [0.05, 0.1) is 18.2 Å². The molecule has 0 atom stereocenters. The van der Waals surface area contributed by atoms with Gasteiger partial charge in [0.1, 0.15) is 5.69 Å². The molecule has 190 valence electrons. The summed E-state index contributed by atoms with van der Waals surface area (Å²) in [6.45, 7) is -0.715. The number of carbonyl (C=O) groups is 1. The Labute approximate surface area is 199 Å². The number of aromatic nitrogens is 5. The van der Waals surface area contributed by atoms with Gasteiger partial charge in [0, 0.05) is 36.6 Å². The molecule has 8 nitrogen and oxygen atoms in total. The van der Waals surface area contributed by atoms with Crippen LogP contribution in [0.25, 0.3) is 10.9 Å². The summed E-state index contributed by atoms with van der Waals surface area (Å²) in [5.41, 5.74) is -2.47. The lowest BCUT2D eigenvalue weighted by molar-refractivity contribution is -0.143. The summed E-state index contributed by atoms with van der Waals surface area (Å²) in [4.78, 5) is 14.4. The average molecular weight is 512 g/mol. The summed E-state index contributed by atoms with van der Waals surface area (Å²) >= 11 is 0. The van der Waals surface area contributed by atoms with Crippen LogP contribution >= 0.6 is 0 Å². The molecule has 2 aromatic heterocycles. The molecule has 14 heteroatoms. The van der Waals surface area contributed by atoms with Gasteiger partial charge in [-0.15, -0.1) is 5.10 Å². The van der Waals surface area contributed by atoms with Crippen LogP contribution in [0.5, 0.6) is 0 Å². The fraction of sp³-hybridized carbons (Fsp3) is 0.273. The van der Waals surface area contributed by atoms with E-state index in [1.54, 1.807) is 31.3 Å². The Morgan fingerprint density at radius 1 is 0.972 bits per heavy atom. The number of nitrogens with zero attached hydrogens (tertiary/aromatic N) is 6. The highest BCUT2D eigenvalue weighted by Gasteiger charge is 2.37. The third-order valence-corrected chi connectivity index (χ3v) is 5.56. The maximum absolute atomic E-state index is 13.4. The number of fused-ring (bicyclic) bond motifs is 1. The highest BCUT2D eigenvalue weighted by molar-refractivity contribution is 5.98. The number of aryl methyl sites for hydroxylation is 2. The van der Waals surface area contributed by atoms with Gasteiger partial charge in [0.2, 0.25) is 0 Å². The number of aromatic carboxylic acids is 1. The first-order valence-electron chi connectivity index (χ1n) is 10.3. The third kappa shape index (κ3) is 4.83. The summed E-state index contributed by atoms with van der Waals surface area (Å²) in [6.07, 6.45) is -10.0. The standard InChI is InChI=1S/C22H18F6N6O2/c1-32-17-6-4-3-5-15(17)16(18(32)19(35)36)11-34(20-29-31-33(2)30-20)10-12-7-13(21(23,24)25)9-14(8-12)22(26,27)28/h3-9H,10-11H2,1-2H3,(H,35,36). The number of tetrazole rings is 1. The Hall–Kier alpha value is -4.10. The first-order valence-corrected chi connectivity index (χ1v) is 10.3. The predicted molar refractivity (Wildman–Crippen MR) is 115 cm³/mol. The zero-order valence-electron chi connectivity index (χ0n) is 18.8. The van der Waals surface area contributed by atoms with Crippen LogP contribution in [-0.4, -0.2) is 35.9 Å². The topological polar surface area (TPSA) is 89.1 Å². The minimum absolute atomic E-state index is 0.0433. The van der Waals surface area contributed by atoms with Crippen LogP contribution in [0.1, 0.15) is 32.7 Å². The summed E-state index contributed by atoms with van der Waals surface area (Å²) in [7, 11) is 2.98. The van der Waals surface area contributed by atoms with E-state index in [1.807, 2.05) is 0 Å². The maximum atomic E-state index is 13.4. The quantitative estimate of drug-likeness (QED) is 0.379. The number of benzene rings is 2. The van der Waals surface area contributed by atoms with E-state index in [-0.39, 0.29) is 35.4 Å². The monoisotopic (exact) mass is 512 g/mol. The number of carboxylic acid groups (broad SMARTS) is 1. The number of para-hydroxylation sites is 1. The van der Waals surface area contributed by atoms with Crippen LogP contribution in [0.4, 0.5) is 32.3 Å². The van der Waals surface area contributed by atoms with Crippen molar-refractivity contribution in [2.45, 2.75) is 25.4 Å². The Morgan fingerprint density at radius 2 is 1.58 bits per heavy atom. The number of anilines is 1. The SMILES string of the molecule is Cn1nnc(N(Cc2cc(C(F)(F)F)cc(C(F)(F)F)c2)Cc2c(C(=O)O)n(C)c3ccccc23)n1. The van der Waals surface area contributed by atoms with Crippen LogP contribution in [0, 0.1) is 0 Å². The van der Waals surface area contributed by atoms with Gasteiger partial charge in [-0.05, 0) is 35.0 Å². The fourth-order valence-electron chi connectivity index (χ4n) is 4.02. The number of rotatable bonds is 6. The molecule has 36 heavy (non-hydrogen) atoms. The highest BCUT2D eigenvalue weighted by atomic mass is 19.4. The number of hydrogen-bond acceptors (Lipinski definition) is 5. The Bertz CT molecular complexity index is 1410. The van der Waals surface area contributed by atoms with Crippen molar-refractivity contribution in [1.29, 1.82) is 0 Å². The van der Waals surface area contributed by atoms with Crippen LogP contribution < -0.4 is 4.90 Å². The van der Waals surface area contributed by atoms with E-state index < -0.39 is 36.0 Å². The summed E-state index contributed by atoms with van der Waals surface area (Å²) in [5.74, 6) is -1.36. The molecule has 0 spiro atoms. The minimum atomic E-state index is -5.02. The highest BCUT2D eigenvalue weighted by Crippen LogP contribution is 2.37. The van der Waals surface area contributed by atoms with Gasteiger partial charge in [-0.3, -0.25) is 0 Å². The van der Waals surface area contributed by atoms with Gasteiger partial charge < -0.3 is 14.6 Å². The fourth-order valence-corrected chi connectivity index (χ4v) is 4.02. The van der Waals surface area contributed by atoms with Crippen molar-refractivity contribution in [3.05, 3.63) is 70.4 Å². The molecule has 0 saturated carbocycles. The summed E-state index contributed by atoms with van der Waals surface area (Å²) < 4.78 is 81.7. The molecule has 4 aromatic rings. The molecule has 0 unspecified atom stereocenters. The molecule has 0 radical (unpaired) electrons. The van der Waals surface area contributed by atoms with E-state index in [0.29, 0.717) is 23.0 Å². The van der Waals surface area contributed by atoms with Crippen molar-refractivity contribution in [2.75, 3.05) is 4.90 Å². The molecule has 0 saturated heterocycles. The predicted octanol–water partition coefficient (Wildman–Crippen LogP) is 4.64. The molecule has 4 rings (SSSR count).